The van der Waals surface area contributed by atoms with Crippen LogP contribution < -0.4 is 11.1 Å². The second-order valence-corrected chi connectivity index (χ2v) is 3.40. The molecule has 0 saturated heterocycles. The van der Waals surface area contributed by atoms with E-state index in [1.165, 1.54) is 0 Å². The van der Waals surface area contributed by atoms with Gasteiger partial charge in [-0.15, -0.1) is 0 Å². The normalized spacial score (nSPS) is 9.75. The van der Waals surface area contributed by atoms with Crippen LogP contribution in [0.3, 0.4) is 0 Å². The third-order valence-electron chi connectivity index (χ3n) is 2.10. The number of unbranched alkanes of at least 4 members (excludes halogenated alkanes) is 1. The van der Waals surface area contributed by atoms with Gasteiger partial charge in [-0.3, -0.25) is 0 Å². The first-order valence-corrected chi connectivity index (χ1v) is 5.16. The lowest BCUT2D eigenvalue weighted by Crippen LogP contribution is -2.06. The van der Waals surface area contributed by atoms with Crippen molar-refractivity contribution in [2.75, 3.05) is 31.3 Å². The van der Waals surface area contributed by atoms with E-state index in [4.69, 9.17) is 15.7 Å². The molecule has 0 saturated carbocycles. The van der Waals surface area contributed by atoms with Crippen LogP contribution in [0.15, 0.2) is 12.3 Å². The van der Waals surface area contributed by atoms with Gasteiger partial charge in [-0.1, -0.05) is 0 Å². The zero-order valence-electron chi connectivity index (χ0n) is 9.36. The molecular formula is C11H16N4O. The van der Waals surface area contributed by atoms with Crippen molar-refractivity contribution in [3.8, 4) is 6.07 Å². The zero-order valence-corrected chi connectivity index (χ0v) is 9.36. The number of rotatable bonds is 6. The molecule has 1 aromatic heterocycles. The molecule has 0 radical (unpaired) electrons. The minimum Gasteiger partial charge on any atom is -0.397 e. The van der Waals surface area contributed by atoms with E-state index in [0.717, 1.165) is 26.0 Å². The summed E-state index contributed by atoms with van der Waals surface area (Å²) in [6, 6.07) is 3.67. The molecule has 0 bridgehead atoms. The summed E-state index contributed by atoms with van der Waals surface area (Å²) in [5.74, 6) is 0.592. The van der Waals surface area contributed by atoms with Crippen molar-refractivity contribution in [3.63, 3.8) is 0 Å². The third-order valence-corrected chi connectivity index (χ3v) is 2.10. The highest BCUT2D eigenvalue weighted by Crippen LogP contribution is 2.13. The summed E-state index contributed by atoms with van der Waals surface area (Å²) in [4.78, 5) is 4.08. The van der Waals surface area contributed by atoms with Crippen molar-refractivity contribution in [2.24, 2.45) is 0 Å². The quantitative estimate of drug-likeness (QED) is 0.707. The number of nitrogens with one attached hydrogen (secondary N) is 1. The van der Waals surface area contributed by atoms with Crippen LogP contribution in [0.1, 0.15) is 18.4 Å². The molecule has 5 nitrogen and oxygen atoms in total. The average Bonchev–Trinajstić information content (AvgIpc) is 2.30. The largest absolute Gasteiger partial charge is 0.397 e. The van der Waals surface area contributed by atoms with Crippen molar-refractivity contribution in [2.45, 2.75) is 12.8 Å². The van der Waals surface area contributed by atoms with Crippen LogP contribution in [0.2, 0.25) is 0 Å². The first kappa shape index (κ1) is 12.3. The Morgan fingerprint density at radius 3 is 3.06 bits per heavy atom. The van der Waals surface area contributed by atoms with Gasteiger partial charge in [0.1, 0.15) is 11.9 Å². The summed E-state index contributed by atoms with van der Waals surface area (Å²) < 4.78 is 4.94. The summed E-state index contributed by atoms with van der Waals surface area (Å²) in [6.07, 6.45) is 3.50. The van der Waals surface area contributed by atoms with Gasteiger partial charge < -0.3 is 15.8 Å². The molecule has 0 fully saturated rings. The van der Waals surface area contributed by atoms with Gasteiger partial charge in [0.25, 0.3) is 0 Å². The summed E-state index contributed by atoms with van der Waals surface area (Å²) in [5.41, 5.74) is 6.52. The molecule has 0 unspecified atom stereocenters. The Bertz CT molecular complexity index is 373. The minimum atomic E-state index is 0.478. The molecule has 0 aliphatic rings. The number of nitrogens with two attached hydrogens (primary N) is 1. The van der Waals surface area contributed by atoms with Gasteiger partial charge in [0.2, 0.25) is 0 Å². The standard InChI is InChI=1S/C11H16N4O/c1-16-5-3-2-4-14-11-9(7-12)6-10(13)8-15-11/h6,8H,2-5,13H2,1H3,(H,14,15). The Balaban J connectivity index is 2.45. The van der Waals surface area contributed by atoms with Gasteiger partial charge in [0.15, 0.2) is 0 Å². The maximum absolute atomic E-state index is 8.88. The highest BCUT2D eigenvalue weighted by atomic mass is 16.5. The topological polar surface area (TPSA) is 84.0 Å². The van der Waals surface area contributed by atoms with Gasteiger partial charge >= 0.3 is 0 Å². The molecule has 1 heterocycles. The second-order valence-electron chi connectivity index (χ2n) is 3.40. The van der Waals surface area contributed by atoms with Crippen LogP contribution >= 0.6 is 0 Å². The van der Waals surface area contributed by atoms with E-state index in [0.29, 0.717) is 17.1 Å². The molecular weight excluding hydrogens is 204 g/mol. The van der Waals surface area contributed by atoms with E-state index in [-0.39, 0.29) is 0 Å². The van der Waals surface area contributed by atoms with Gasteiger partial charge in [-0.25, -0.2) is 4.98 Å². The molecule has 86 valence electrons. The number of methoxy groups -OCH3 is 1. The predicted molar refractivity (Wildman–Crippen MR) is 63.0 cm³/mol. The van der Waals surface area contributed by atoms with Gasteiger partial charge in [-0.05, 0) is 18.9 Å². The minimum absolute atomic E-state index is 0.478. The Morgan fingerprint density at radius 1 is 1.56 bits per heavy atom. The van der Waals surface area contributed by atoms with Gasteiger partial charge in [0, 0.05) is 20.3 Å². The number of ether oxygens (including phenoxy) is 1. The molecule has 3 N–H and O–H groups in total. The highest BCUT2D eigenvalue weighted by Gasteiger charge is 2.02. The maximum atomic E-state index is 8.88. The predicted octanol–water partition coefficient (Wildman–Crippen LogP) is 1.37. The van der Waals surface area contributed by atoms with E-state index in [2.05, 4.69) is 16.4 Å². The van der Waals surface area contributed by atoms with E-state index in [1.807, 2.05) is 0 Å². The molecule has 0 spiro atoms. The fraction of sp³-hybridized carbons (Fsp3) is 0.455. The van der Waals surface area contributed by atoms with Crippen molar-refractivity contribution in [3.05, 3.63) is 17.8 Å². The molecule has 0 aliphatic carbocycles. The number of nitrogen functional groups attached to an aromatic ring is 1. The van der Waals surface area contributed by atoms with Gasteiger partial charge in [0.05, 0.1) is 17.4 Å². The first-order chi connectivity index (χ1) is 7.77. The fourth-order valence-corrected chi connectivity index (χ4v) is 1.29. The Morgan fingerprint density at radius 2 is 2.38 bits per heavy atom. The smallest absolute Gasteiger partial charge is 0.144 e. The van der Waals surface area contributed by atoms with Crippen molar-refractivity contribution < 1.29 is 4.74 Å². The molecule has 0 aliphatic heterocycles. The van der Waals surface area contributed by atoms with Crippen LogP contribution in [-0.2, 0) is 4.74 Å². The average molecular weight is 220 g/mol. The molecule has 1 rings (SSSR count). The van der Waals surface area contributed by atoms with Crippen molar-refractivity contribution in [1.82, 2.24) is 4.98 Å². The molecule has 1 aromatic rings. The molecule has 0 amide bonds. The van der Waals surface area contributed by atoms with Crippen LogP contribution in [-0.4, -0.2) is 25.2 Å². The molecule has 0 atom stereocenters. The third kappa shape index (κ3) is 3.75. The number of hydrogen-bond acceptors (Lipinski definition) is 5. The number of nitriles is 1. The van der Waals surface area contributed by atoms with Gasteiger partial charge in [-0.2, -0.15) is 5.26 Å². The lowest BCUT2D eigenvalue weighted by atomic mass is 10.2. The van der Waals surface area contributed by atoms with Crippen LogP contribution in [0.5, 0.6) is 0 Å². The van der Waals surface area contributed by atoms with E-state index in [1.54, 1.807) is 19.4 Å². The number of anilines is 2. The van der Waals surface area contributed by atoms with Crippen molar-refractivity contribution >= 4 is 11.5 Å². The lowest BCUT2D eigenvalue weighted by Gasteiger charge is -2.07. The molecule has 5 heteroatoms. The molecule has 0 aromatic carbocycles. The Kier molecular flexibility index (Phi) is 5.09. The number of nitrogens with zero attached hydrogens (tertiary/aromatic N) is 2. The van der Waals surface area contributed by atoms with E-state index in [9.17, 15) is 0 Å². The highest BCUT2D eigenvalue weighted by molar-refractivity contribution is 5.57. The first-order valence-electron chi connectivity index (χ1n) is 5.16. The molecule has 16 heavy (non-hydrogen) atoms. The van der Waals surface area contributed by atoms with E-state index < -0.39 is 0 Å². The van der Waals surface area contributed by atoms with Crippen LogP contribution in [0, 0.1) is 11.3 Å². The van der Waals surface area contributed by atoms with E-state index >= 15 is 0 Å². The Hall–Kier alpha value is -1.80. The number of hydrogen-bond donors (Lipinski definition) is 2. The summed E-state index contributed by atoms with van der Waals surface area (Å²) in [7, 11) is 1.68. The lowest BCUT2D eigenvalue weighted by molar-refractivity contribution is 0.194. The Labute approximate surface area is 95.2 Å². The van der Waals surface area contributed by atoms with Crippen molar-refractivity contribution in [1.29, 1.82) is 5.26 Å². The number of aromatic nitrogens is 1. The summed E-state index contributed by atoms with van der Waals surface area (Å²) in [6.45, 7) is 1.52. The summed E-state index contributed by atoms with van der Waals surface area (Å²) >= 11 is 0. The van der Waals surface area contributed by atoms with Crippen LogP contribution in [0.25, 0.3) is 0 Å². The summed E-state index contributed by atoms with van der Waals surface area (Å²) in [5, 5.41) is 12.0. The number of pyridine rings is 1. The monoisotopic (exact) mass is 220 g/mol. The fourth-order valence-electron chi connectivity index (χ4n) is 1.29. The SMILES string of the molecule is COCCCCNc1ncc(N)cc1C#N. The second kappa shape index (κ2) is 6.64. The maximum Gasteiger partial charge on any atom is 0.144 e. The zero-order chi connectivity index (χ0) is 11.8. The van der Waals surface area contributed by atoms with Crippen LogP contribution in [0.4, 0.5) is 11.5 Å².